The van der Waals surface area contributed by atoms with Crippen molar-refractivity contribution in [2.24, 2.45) is 0 Å². The van der Waals surface area contributed by atoms with Crippen LogP contribution in [0, 0.1) is 6.92 Å². The Morgan fingerprint density at radius 3 is 2.91 bits per heavy atom. The van der Waals surface area contributed by atoms with E-state index < -0.39 is 0 Å². The van der Waals surface area contributed by atoms with E-state index in [4.69, 9.17) is 4.74 Å². The third-order valence-electron chi connectivity index (χ3n) is 4.72. The van der Waals surface area contributed by atoms with E-state index in [0.717, 1.165) is 34.2 Å². The van der Waals surface area contributed by atoms with E-state index in [1.807, 2.05) is 72.3 Å². The van der Waals surface area contributed by atoms with Crippen LogP contribution in [0.2, 0.25) is 0 Å². The first-order chi connectivity index (χ1) is 15.6. The number of nitrogens with one attached hydrogen (secondary N) is 1. The Balaban J connectivity index is 1.42. The topological polar surface area (TPSA) is 81.9 Å². The minimum Gasteiger partial charge on any atom is -0.487 e. The quantitative estimate of drug-likeness (QED) is 0.388. The van der Waals surface area contributed by atoms with Crippen LogP contribution in [0.25, 0.3) is 17.5 Å². The van der Waals surface area contributed by atoms with Crippen LogP contribution in [0.15, 0.2) is 66.3 Å². The van der Waals surface area contributed by atoms with Gasteiger partial charge in [-0.15, -0.1) is 21.5 Å². The van der Waals surface area contributed by atoms with Crippen molar-refractivity contribution in [2.75, 3.05) is 5.32 Å². The van der Waals surface area contributed by atoms with Gasteiger partial charge in [-0.3, -0.25) is 4.79 Å². The highest BCUT2D eigenvalue weighted by Crippen LogP contribution is 2.23. The molecule has 4 aromatic rings. The number of nitrogens with zero attached hydrogens (tertiary/aromatic N) is 4. The van der Waals surface area contributed by atoms with E-state index in [-0.39, 0.29) is 5.91 Å². The molecule has 0 radical (unpaired) electrons. The number of aryl methyl sites for hydroxylation is 2. The number of amides is 1. The van der Waals surface area contributed by atoms with Gasteiger partial charge in [-0.2, -0.15) is 0 Å². The van der Waals surface area contributed by atoms with E-state index in [9.17, 15) is 4.79 Å². The SMILES string of the molecule is CCn1cnnc1-c1cccc(NC(=O)/C=C/c2ccccc2OCc2csc(C)n2)c1. The van der Waals surface area contributed by atoms with Crippen molar-refractivity contribution in [3.8, 4) is 17.1 Å². The van der Waals surface area contributed by atoms with Crippen LogP contribution >= 0.6 is 11.3 Å². The Kier molecular flexibility index (Phi) is 6.72. The molecule has 8 heteroatoms. The first-order valence-corrected chi connectivity index (χ1v) is 11.1. The number of hydrogen-bond acceptors (Lipinski definition) is 6. The Labute approximate surface area is 190 Å². The minimum absolute atomic E-state index is 0.232. The number of carbonyl (C=O) groups is 1. The lowest BCUT2D eigenvalue weighted by Gasteiger charge is -2.08. The van der Waals surface area contributed by atoms with Gasteiger partial charge in [0.15, 0.2) is 5.82 Å². The second-order valence-electron chi connectivity index (χ2n) is 7.03. The predicted molar refractivity (Wildman–Crippen MR) is 126 cm³/mol. The summed E-state index contributed by atoms with van der Waals surface area (Å²) in [6, 6.07) is 15.1. The number of para-hydroxylation sites is 1. The highest BCUT2D eigenvalue weighted by Gasteiger charge is 2.08. The number of aromatic nitrogens is 4. The summed E-state index contributed by atoms with van der Waals surface area (Å²) in [5.41, 5.74) is 3.29. The molecule has 7 nitrogen and oxygen atoms in total. The fourth-order valence-electron chi connectivity index (χ4n) is 3.17. The fraction of sp³-hybridized carbons (Fsp3) is 0.167. The molecule has 0 aliphatic carbocycles. The summed E-state index contributed by atoms with van der Waals surface area (Å²) >= 11 is 1.59. The number of ether oxygens (including phenoxy) is 1. The van der Waals surface area contributed by atoms with Crippen LogP contribution in [0.1, 0.15) is 23.2 Å². The molecular formula is C24H23N5O2S. The lowest BCUT2D eigenvalue weighted by molar-refractivity contribution is -0.111. The normalized spacial score (nSPS) is 11.1. The molecule has 2 aromatic carbocycles. The number of anilines is 1. The summed E-state index contributed by atoms with van der Waals surface area (Å²) < 4.78 is 7.86. The monoisotopic (exact) mass is 445 g/mol. The highest BCUT2D eigenvalue weighted by molar-refractivity contribution is 7.09. The summed E-state index contributed by atoms with van der Waals surface area (Å²) in [7, 11) is 0. The van der Waals surface area contributed by atoms with Gasteiger partial charge in [0.2, 0.25) is 5.91 Å². The van der Waals surface area contributed by atoms with Gasteiger partial charge in [0.25, 0.3) is 0 Å². The maximum Gasteiger partial charge on any atom is 0.248 e. The van der Waals surface area contributed by atoms with Crippen molar-refractivity contribution < 1.29 is 9.53 Å². The average Bonchev–Trinajstić information content (AvgIpc) is 3.45. The zero-order valence-corrected chi connectivity index (χ0v) is 18.7. The number of carbonyl (C=O) groups excluding carboxylic acids is 1. The number of hydrogen-bond donors (Lipinski definition) is 1. The highest BCUT2D eigenvalue weighted by atomic mass is 32.1. The second-order valence-corrected chi connectivity index (χ2v) is 8.09. The maximum absolute atomic E-state index is 12.5. The van der Waals surface area contributed by atoms with Crippen molar-refractivity contribution >= 4 is 29.0 Å². The third-order valence-corrected chi connectivity index (χ3v) is 5.54. The zero-order valence-electron chi connectivity index (χ0n) is 17.9. The van der Waals surface area contributed by atoms with Crippen LogP contribution in [-0.2, 0) is 17.9 Å². The fourth-order valence-corrected chi connectivity index (χ4v) is 3.77. The molecule has 1 amide bonds. The van der Waals surface area contributed by atoms with Crippen LogP contribution in [-0.4, -0.2) is 25.7 Å². The standard InChI is InChI=1S/C24H23N5O2S/c1-3-29-16-25-28-24(29)19-8-6-9-20(13-19)27-23(30)12-11-18-7-4-5-10-22(18)31-14-21-15-32-17(2)26-21/h4-13,15-16H,3,14H2,1-2H3,(H,27,30)/b12-11+. The van der Waals surface area contributed by atoms with Gasteiger partial charge in [0.05, 0.1) is 10.7 Å². The molecule has 162 valence electrons. The molecule has 0 atom stereocenters. The van der Waals surface area contributed by atoms with Gasteiger partial charge in [-0.1, -0.05) is 30.3 Å². The van der Waals surface area contributed by atoms with Crippen molar-refractivity contribution in [3.05, 3.63) is 82.6 Å². The number of benzene rings is 2. The van der Waals surface area contributed by atoms with E-state index in [1.54, 1.807) is 23.7 Å². The first kappa shape index (κ1) is 21.5. The lowest BCUT2D eigenvalue weighted by atomic mass is 10.1. The molecule has 0 fully saturated rings. The molecule has 4 rings (SSSR count). The Morgan fingerprint density at radius 1 is 1.22 bits per heavy atom. The van der Waals surface area contributed by atoms with Crippen LogP contribution < -0.4 is 10.1 Å². The van der Waals surface area contributed by atoms with E-state index >= 15 is 0 Å². The van der Waals surface area contributed by atoms with Gasteiger partial charge >= 0.3 is 0 Å². The smallest absolute Gasteiger partial charge is 0.248 e. The second kappa shape index (κ2) is 10.0. The summed E-state index contributed by atoms with van der Waals surface area (Å²) in [5.74, 6) is 1.23. The van der Waals surface area contributed by atoms with Gasteiger partial charge < -0.3 is 14.6 Å². The Morgan fingerprint density at radius 2 is 2.09 bits per heavy atom. The maximum atomic E-state index is 12.5. The predicted octanol–water partition coefficient (Wildman–Crippen LogP) is 4.96. The van der Waals surface area contributed by atoms with Gasteiger partial charge in [-0.05, 0) is 38.1 Å². The van der Waals surface area contributed by atoms with Crippen molar-refractivity contribution in [1.29, 1.82) is 0 Å². The van der Waals surface area contributed by atoms with Crippen LogP contribution in [0.5, 0.6) is 5.75 Å². The summed E-state index contributed by atoms with van der Waals surface area (Å²) in [6.45, 7) is 5.15. The lowest BCUT2D eigenvalue weighted by Crippen LogP contribution is -2.08. The molecule has 0 bridgehead atoms. The van der Waals surface area contributed by atoms with E-state index in [2.05, 4.69) is 20.5 Å². The molecule has 0 spiro atoms. The average molecular weight is 446 g/mol. The summed E-state index contributed by atoms with van der Waals surface area (Å²) in [4.78, 5) is 16.9. The molecule has 0 saturated heterocycles. The molecule has 0 aliphatic rings. The van der Waals surface area contributed by atoms with Gasteiger partial charge in [0.1, 0.15) is 18.7 Å². The molecule has 2 aromatic heterocycles. The molecule has 0 aliphatic heterocycles. The summed E-state index contributed by atoms with van der Waals surface area (Å²) in [5, 5.41) is 14.0. The van der Waals surface area contributed by atoms with Crippen molar-refractivity contribution in [2.45, 2.75) is 27.0 Å². The molecule has 1 N–H and O–H groups in total. The largest absolute Gasteiger partial charge is 0.487 e. The van der Waals surface area contributed by atoms with Crippen molar-refractivity contribution in [1.82, 2.24) is 19.7 Å². The molecular weight excluding hydrogens is 422 g/mol. The zero-order chi connectivity index (χ0) is 22.3. The minimum atomic E-state index is -0.232. The Bertz CT molecular complexity index is 1240. The Hall–Kier alpha value is -3.78. The number of thiazole rings is 1. The molecule has 0 unspecified atom stereocenters. The summed E-state index contributed by atoms with van der Waals surface area (Å²) in [6.07, 6.45) is 4.93. The van der Waals surface area contributed by atoms with Gasteiger partial charge in [-0.25, -0.2) is 4.98 Å². The molecule has 0 saturated carbocycles. The molecule has 32 heavy (non-hydrogen) atoms. The molecule has 2 heterocycles. The van der Waals surface area contributed by atoms with Crippen LogP contribution in [0.4, 0.5) is 5.69 Å². The van der Waals surface area contributed by atoms with Gasteiger partial charge in [0, 0.05) is 34.8 Å². The van der Waals surface area contributed by atoms with Crippen molar-refractivity contribution in [3.63, 3.8) is 0 Å². The first-order valence-electron chi connectivity index (χ1n) is 10.2. The van der Waals surface area contributed by atoms with E-state index in [0.29, 0.717) is 18.0 Å². The third kappa shape index (κ3) is 5.28. The number of rotatable bonds is 8. The van der Waals surface area contributed by atoms with Crippen LogP contribution in [0.3, 0.4) is 0 Å². The van der Waals surface area contributed by atoms with E-state index in [1.165, 1.54) is 6.08 Å².